The van der Waals surface area contributed by atoms with E-state index < -0.39 is 48.6 Å². The summed E-state index contributed by atoms with van der Waals surface area (Å²) in [5.74, 6) is -2.53. The molecule has 0 spiro atoms. The molecule has 1 aliphatic rings. The lowest BCUT2D eigenvalue weighted by molar-refractivity contribution is -0.287. The van der Waals surface area contributed by atoms with Crippen LogP contribution in [0.1, 0.15) is 13.8 Å². The van der Waals surface area contributed by atoms with E-state index in [2.05, 4.69) is 4.74 Å². The van der Waals surface area contributed by atoms with E-state index in [1.165, 1.54) is 0 Å². The SMILES string of the molecule is COC(=O)C1OC(O)C(OC(C)=O)C(OC(C)=O)[C@@H]1O. The lowest BCUT2D eigenvalue weighted by Gasteiger charge is -2.40. The van der Waals surface area contributed by atoms with Crippen molar-refractivity contribution in [2.75, 3.05) is 7.11 Å². The Balaban J connectivity index is 2.99. The molecule has 0 aliphatic carbocycles. The van der Waals surface area contributed by atoms with Crippen LogP contribution >= 0.6 is 0 Å². The van der Waals surface area contributed by atoms with Gasteiger partial charge in [0.2, 0.25) is 0 Å². The van der Waals surface area contributed by atoms with Crippen molar-refractivity contribution in [1.82, 2.24) is 0 Å². The number of esters is 3. The molecule has 5 atom stereocenters. The fourth-order valence-electron chi connectivity index (χ4n) is 1.79. The molecule has 1 aliphatic heterocycles. The quantitative estimate of drug-likeness (QED) is 0.452. The summed E-state index contributed by atoms with van der Waals surface area (Å²) in [5.41, 5.74) is 0. The van der Waals surface area contributed by atoms with E-state index in [0.717, 1.165) is 21.0 Å². The van der Waals surface area contributed by atoms with Crippen LogP contribution in [0.4, 0.5) is 0 Å². The minimum atomic E-state index is -1.75. The molecule has 4 unspecified atom stereocenters. The lowest BCUT2D eigenvalue weighted by Crippen LogP contribution is -2.62. The molecule has 0 aromatic heterocycles. The summed E-state index contributed by atoms with van der Waals surface area (Å²) in [6.45, 7) is 2.13. The predicted molar refractivity (Wildman–Crippen MR) is 60.0 cm³/mol. The van der Waals surface area contributed by atoms with Gasteiger partial charge in [-0.2, -0.15) is 0 Å². The van der Waals surface area contributed by atoms with E-state index in [9.17, 15) is 24.6 Å². The van der Waals surface area contributed by atoms with Crippen LogP contribution in [0.3, 0.4) is 0 Å². The Morgan fingerprint density at radius 1 is 1.00 bits per heavy atom. The van der Waals surface area contributed by atoms with Crippen molar-refractivity contribution in [3.05, 3.63) is 0 Å². The molecule has 0 saturated carbocycles. The fraction of sp³-hybridized carbons (Fsp3) is 0.727. The highest BCUT2D eigenvalue weighted by molar-refractivity contribution is 5.76. The van der Waals surface area contributed by atoms with Gasteiger partial charge in [0.05, 0.1) is 7.11 Å². The first-order valence-electron chi connectivity index (χ1n) is 5.71. The minimum Gasteiger partial charge on any atom is -0.467 e. The van der Waals surface area contributed by atoms with Gasteiger partial charge in [0.1, 0.15) is 6.10 Å². The first-order valence-corrected chi connectivity index (χ1v) is 5.71. The van der Waals surface area contributed by atoms with Crippen molar-refractivity contribution in [2.45, 2.75) is 44.6 Å². The predicted octanol–water partition coefficient (Wildman–Crippen LogP) is -1.90. The Bertz CT molecular complexity index is 393. The number of aliphatic hydroxyl groups excluding tert-OH is 2. The maximum absolute atomic E-state index is 11.4. The molecule has 0 radical (unpaired) electrons. The molecule has 114 valence electrons. The Kier molecular flexibility index (Phi) is 5.43. The van der Waals surface area contributed by atoms with E-state index >= 15 is 0 Å². The molecule has 1 heterocycles. The third kappa shape index (κ3) is 3.65. The zero-order valence-corrected chi connectivity index (χ0v) is 11.1. The largest absolute Gasteiger partial charge is 0.467 e. The van der Waals surface area contributed by atoms with Crippen LogP contribution in [0.25, 0.3) is 0 Å². The summed E-state index contributed by atoms with van der Waals surface area (Å²) in [6.07, 6.45) is -7.88. The third-order valence-corrected chi connectivity index (χ3v) is 2.58. The number of ether oxygens (including phenoxy) is 4. The van der Waals surface area contributed by atoms with Crippen LogP contribution in [0.2, 0.25) is 0 Å². The average molecular weight is 292 g/mol. The van der Waals surface area contributed by atoms with Gasteiger partial charge in [-0.25, -0.2) is 4.79 Å². The second-order valence-electron chi connectivity index (χ2n) is 4.11. The second-order valence-corrected chi connectivity index (χ2v) is 4.11. The molecular formula is C11H16O9. The minimum absolute atomic E-state index is 0.779. The van der Waals surface area contributed by atoms with E-state index in [-0.39, 0.29) is 0 Å². The van der Waals surface area contributed by atoms with E-state index in [1.807, 2.05) is 0 Å². The zero-order chi connectivity index (χ0) is 15.4. The van der Waals surface area contributed by atoms with Crippen molar-refractivity contribution in [3.63, 3.8) is 0 Å². The number of methoxy groups -OCH3 is 1. The van der Waals surface area contributed by atoms with Crippen molar-refractivity contribution < 1.29 is 43.5 Å². The molecule has 9 heteroatoms. The van der Waals surface area contributed by atoms with Crippen LogP contribution in [0, 0.1) is 0 Å². The summed E-state index contributed by atoms with van der Waals surface area (Å²) >= 11 is 0. The van der Waals surface area contributed by atoms with Crippen LogP contribution in [-0.2, 0) is 33.3 Å². The average Bonchev–Trinajstić information content (AvgIpc) is 2.36. The summed E-state index contributed by atoms with van der Waals surface area (Å²) < 4.78 is 18.8. The van der Waals surface area contributed by atoms with Gasteiger partial charge in [-0.15, -0.1) is 0 Å². The molecule has 0 amide bonds. The summed E-state index contributed by atoms with van der Waals surface area (Å²) in [4.78, 5) is 33.4. The Labute approximate surface area is 114 Å². The number of aliphatic hydroxyl groups is 2. The lowest BCUT2D eigenvalue weighted by atomic mass is 9.98. The molecule has 1 saturated heterocycles. The van der Waals surface area contributed by atoms with Gasteiger partial charge >= 0.3 is 17.9 Å². The van der Waals surface area contributed by atoms with E-state index in [0.29, 0.717) is 0 Å². The highest BCUT2D eigenvalue weighted by atomic mass is 16.7. The van der Waals surface area contributed by atoms with Gasteiger partial charge in [-0.1, -0.05) is 0 Å². The normalized spacial score (nSPS) is 33.1. The highest BCUT2D eigenvalue weighted by Crippen LogP contribution is 2.25. The number of hydrogen-bond donors (Lipinski definition) is 2. The van der Waals surface area contributed by atoms with Crippen molar-refractivity contribution in [2.24, 2.45) is 0 Å². The number of hydrogen-bond acceptors (Lipinski definition) is 9. The Morgan fingerprint density at radius 3 is 1.95 bits per heavy atom. The van der Waals surface area contributed by atoms with Gasteiger partial charge in [0.25, 0.3) is 0 Å². The van der Waals surface area contributed by atoms with Crippen molar-refractivity contribution in [1.29, 1.82) is 0 Å². The topological polar surface area (TPSA) is 129 Å². The monoisotopic (exact) mass is 292 g/mol. The van der Waals surface area contributed by atoms with Crippen LogP contribution in [-0.4, -0.2) is 65.9 Å². The Hall–Kier alpha value is -1.71. The second kappa shape index (κ2) is 6.64. The smallest absolute Gasteiger partial charge is 0.338 e. The van der Waals surface area contributed by atoms with Gasteiger partial charge < -0.3 is 29.2 Å². The van der Waals surface area contributed by atoms with Gasteiger partial charge in [0, 0.05) is 13.8 Å². The third-order valence-electron chi connectivity index (χ3n) is 2.58. The molecule has 0 aromatic carbocycles. The standard InChI is InChI=1S/C11H16O9/c1-4(12)18-7-6(14)8(10(15)17-3)20-11(16)9(7)19-5(2)13/h6-9,11,14,16H,1-3H3/t6-,7?,8?,9?,11?/m0/s1. The van der Waals surface area contributed by atoms with E-state index in [1.54, 1.807) is 0 Å². The fourth-order valence-corrected chi connectivity index (χ4v) is 1.79. The molecule has 0 aromatic rings. The molecular weight excluding hydrogens is 276 g/mol. The first kappa shape index (κ1) is 16.3. The number of rotatable bonds is 3. The summed E-state index contributed by atoms with van der Waals surface area (Å²) in [5, 5.41) is 19.7. The molecule has 9 nitrogen and oxygen atoms in total. The molecule has 2 N–H and O–H groups in total. The van der Waals surface area contributed by atoms with Gasteiger partial charge in [-0.05, 0) is 0 Å². The maximum atomic E-state index is 11.4. The number of carbonyl (C=O) groups is 3. The highest BCUT2D eigenvalue weighted by Gasteiger charge is 2.51. The van der Waals surface area contributed by atoms with E-state index in [4.69, 9.17) is 14.2 Å². The van der Waals surface area contributed by atoms with Gasteiger partial charge in [0.15, 0.2) is 24.6 Å². The summed E-state index contributed by atoms with van der Waals surface area (Å²) in [7, 11) is 1.06. The van der Waals surface area contributed by atoms with Crippen LogP contribution in [0.15, 0.2) is 0 Å². The zero-order valence-electron chi connectivity index (χ0n) is 11.1. The Morgan fingerprint density at radius 2 is 1.50 bits per heavy atom. The molecule has 0 bridgehead atoms. The molecule has 1 rings (SSSR count). The molecule has 20 heavy (non-hydrogen) atoms. The first-order chi connectivity index (χ1) is 9.27. The summed E-state index contributed by atoms with van der Waals surface area (Å²) in [6, 6.07) is 0. The van der Waals surface area contributed by atoms with Crippen LogP contribution < -0.4 is 0 Å². The number of carbonyl (C=O) groups excluding carboxylic acids is 3. The maximum Gasteiger partial charge on any atom is 0.338 e. The van der Waals surface area contributed by atoms with Crippen molar-refractivity contribution >= 4 is 17.9 Å². The van der Waals surface area contributed by atoms with Crippen molar-refractivity contribution in [3.8, 4) is 0 Å². The van der Waals surface area contributed by atoms with Gasteiger partial charge in [-0.3, -0.25) is 9.59 Å². The molecule has 1 fully saturated rings. The van der Waals surface area contributed by atoms with Crippen LogP contribution in [0.5, 0.6) is 0 Å².